The fourth-order valence-corrected chi connectivity index (χ4v) is 2.42. The molecule has 19 heavy (non-hydrogen) atoms. The number of anilines is 1. The monoisotopic (exact) mass is 337 g/mol. The maximum Gasteiger partial charge on any atom is 0.573 e. The van der Waals surface area contributed by atoms with Crippen LogP contribution in [0.25, 0.3) is 0 Å². The van der Waals surface area contributed by atoms with Gasteiger partial charge in [-0.25, -0.2) is 0 Å². The molecule has 0 saturated heterocycles. The molecule has 0 spiro atoms. The molecule has 6 heteroatoms. The Labute approximate surface area is 118 Å². The van der Waals surface area contributed by atoms with Gasteiger partial charge >= 0.3 is 6.36 Å². The molecule has 2 rings (SSSR count). The van der Waals surface area contributed by atoms with Gasteiger partial charge in [0.2, 0.25) is 0 Å². The minimum Gasteiger partial charge on any atom is -0.404 e. The van der Waals surface area contributed by atoms with E-state index in [0.717, 1.165) is 19.3 Å². The Morgan fingerprint density at radius 1 is 1.42 bits per heavy atom. The molecule has 1 aliphatic rings. The van der Waals surface area contributed by atoms with E-state index in [1.54, 1.807) is 12.1 Å². The number of nitrogens with one attached hydrogen (secondary N) is 1. The largest absolute Gasteiger partial charge is 0.573 e. The minimum absolute atomic E-state index is 0.194. The lowest BCUT2D eigenvalue weighted by Crippen LogP contribution is -2.23. The van der Waals surface area contributed by atoms with Crippen molar-refractivity contribution in [2.75, 3.05) is 5.32 Å². The highest BCUT2D eigenvalue weighted by atomic mass is 79.9. The Balaban J connectivity index is 2.18. The summed E-state index contributed by atoms with van der Waals surface area (Å²) in [6.07, 6.45) is -1.53. The van der Waals surface area contributed by atoms with Crippen LogP contribution in [0.2, 0.25) is 0 Å². The highest BCUT2D eigenvalue weighted by Gasteiger charge is 2.34. The van der Waals surface area contributed by atoms with Crippen molar-refractivity contribution in [3.63, 3.8) is 0 Å². The van der Waals surface area contributed by atoms with Crippen LogP contribution in [0.3, 0.4) is 0 Å². The highest BCUT2D eigenvalue weighted by molar-refractivity contribution is 9.10. The molecule has 1 aromatic carbocycles. The summed E-state index contributed by atoms with van der Waals surface area (Å²) in [7, 11) is 0. The van der Waals surface area contributed by atoms with E-state index in [0.29, 0.717) is 16.1 Å². The molecule has 106 valence electrons. The smallest absolute Gasteiger partial charge is 0.404 e. The van der Waals surface area contributed by atoms with Crippen LogP contribution in [0.5, 0.6) is 5.75 Å². The van der Waals surface area contributed by atoms with Crippen molar-refractivity contribution in [1.82, 2.24) is 0 Å². The van der Waals surface area contributed by atoms with Crippen LogP contribution in [0.1, 0.15) is 26.2 Å². The maximum atomic E-state index is 12.4. The number of rotatable bonds is 5. The fourth-order valence-electron chi connectivity index (χ4n) is 2.08. The third-order valence-corrected chi connectivity index (χ3v) is 3.63. The summed E-state index contributed by atoms with van der Waals surface area (Å²) in [5.41, 5.74) is 0.388. The van der Waals surface area contributed by atoms with Gasteiger partial charge < -0.3 is 10.1 Å². The third kappa shape index (κ3) is 4.30. The predicted molar refractivity (Wildman–Crippen MR) is 71.3 cm³/mol. The van der Waals surface area contributed by atoms with Crippen LogP contribution < -0.4 is 10.1 Å². The Hall–Kier alpha value is -0.910. The zero-order valence-electron chi connectivity index (χ0n) is 10.4. The molecule has 0 amide bonds. The van der Waals surface area contributed by atoms with E-state index in [1.807, 2.05) is 6.92 Å². The highest BCUT2D eigenvalue weighted by Crippen LogP contribution is 2.39. The van der Waals surface area contributed by atoms with Crippen molar-refractivity contribution in [1.29, 1.82) is 0 Å². The van der Waals surface area contributed by atoms with Crippen LogP contribution in [-0.4, -0.2) is 12.4 Å². The average molecular weight is 338 g/mol. The van der Waals surface area contributed by atoms with E-state index >= 15 is 0 Å². The summed E-state index contributed by atoms with van der Waals surface area (Å²) in [6, 6.07) is 4.84. The SMILES string of the molecule is CCC(Nc1ccc(Br)cc1OC(F)(F)F)C1CC1. The molecule has 0 aliphatic heterocycles. The van der Waals surface area contributed by atoms with Crippen LogP contribution in [0.15, 0.2) is 22.7 Å². The van der Waals surface area contributed by atoms with E-state index in [4.69, 9.17) is 0 Å². The average Bonchev–Trinajstić information content (AvgIpc) is 3.10. The second kappa shape index (κ2) is 5.61. The molecule has 1 saturated carbocycles. The first-order valence-corrected chi connectivity index (χ1v) is 7.00. The van der Waals surface area contributed by atoms with E-state index < -0.39 is 6.36 Å². The van der Waals surface area contributed by atoms with Gasteiger partial charge in [0.25, 0.3) is 0 Å². The van der Waals surface area contributed by atoms with Crippen molar-refractivity contribution >= 4 is 21.6 Å². The fraction of sp³-hybridized carbons (Fsp3) is 0.538. The van der Waals surface area contributed by atoms with Gasteiger partial charge in [-0.1, -0.05) is 22.9 Å². The number of halogens is 4. The van der Waals surface area contributed by atoms with E-state index in [2.05, 4.69) is 26.0 Å². The standard InChI is InChI=1S/C13H15BrF3NO/c1-2-10(8-3-4-8)18-11-6-5-9(14)7-12(11)19-13(15,16)17/h5-8,10,18H,2-4H2,1H3. The molecular formula is C13H15BrF3NO. The summed E-state index contributed by atoms with van der Waals surface area (Å²) >= 11 is 3.15. The van der Waals surface area contributed by atoms with E-state index in [-0.39, 0.29) is 11.8 Å². The molecule has 2 nitrogen and oxygen atoms in total. The zero-order valence-corrected chi connectivity index (χ0v) is 12.0. The van der Waals surface area contributed by atoms with Crippen LogP contribution in [0, 0.1) is 5.92 Å². The van der Waals surface area contributed by atoms with Crippen molar-refractivity contribution in [3.05, 3.63) is 22.7 Å². The topological polar surface area (TPSA) is 21.3 Å². The molecular weight excluding hydrogens is 323 g/mol. The number of benzene rings is 1. The van der Waals surface area contributed by atoms with Crippen molar-refractivity contribution in [2.24, 2.45) is 5.92 Å². The molecule has 1 atom stereocenters. The number of hydrogen-bond donors (Lipinski definition) is 1. The van der Waals surface area contributed by atoms with Gasteiger partial charge in [0.05, 0.1) is 5.69 Å². The molecule has 1 aromatic rings. The lowest BCUT2D eigenvalue weighted by atomic mass is 10.1. The third-order valence-electron chi connectivity index (χ3n) is 3.14. The van der Waals surface area contributed by atoms with E-state index in [1.165, 1.54) is 6.07 Å². The van der Waals surface area contributed by atoms with Gasteiger partial charge in [-0.05, 0) is 43.4 Å². The lowest BCUT2D eigenvalue weighted by molar-refractivity contribution is -0.274. The normalized spacial score (nSPS) is 17.1. The minimum atomic E-state index is -4.68. The molecule has 1 fully saturated rings. The first kappa shape index (κ1) is 14.5. The van der Waals surface area contributed by atoms with E-state index in [9.17, 15) is 13.2 Å². The predicted octanol–water partition coefficient (Wildman–Crippen LogP) is 4.95. The molecule has 0 bridgehead atoms. The van der Waals surface area contributed by atoms with Crippen LogP contribution in [-0.2, 0) is 0 Å². The molecule has 1 aliphatic carbocycles. The summed E-state index contributed by atoms with van der Waals surface area (Å²) in [5.74, 6) is 0.369. The van der Waals surface area contributed by atoms with Gasteiger partial charge in [-0.2, -0.15) is 0 Å². The Bertz CT molecular complexity index is 446. The summed E-state index contributed by atoms with van der Waals surface area (Å²) < 4.78 is 41.8. The van der Waals surface area contributed by atoms with Gasteiger partial charge in [-0.3, -0.25) is 0 Å². The number of hydrogen-bond acceptors (Lipinski definition) is 2. The summed E-state index contributed by atoms with van der Waals surface area (Å²) in [5, 5.41) is 3.16. The second-order valence-electron chi connectivity index (χ2n) is 4.68. The first-order chi connectivity index (χ1) is 8.89. The molecule has 1 unspecified atom stereocenters. The Kier molecular flexibility index (Phi) is 4.28. The lowest BCUT2D eigenvalue weighted by Gasteiger charge is -2.21. The van der Waals surface area contributed by atoms with Gasteiger partial charge in [-0.15, -0.1) is 13.2 Å². The maximum absolute atomic E-state index is 12.4. The summed E-state index contributed by atoms with van der Waals surface area (Å²) in [6.45, 7) is 2.03. The van der Waals surface area contributed by atoms with Crippen LogP contribution >= 0.6 is 15.9 Å². The zero-order chi connectivity index (χ0) is 14.0. The van der Waals surface area contributed by atoms with Crippen molar-refractivity contribution < 1.29 is 17.9 Å². The molecule has 1 N–H and O–H groups in total. The van der Waals surface area contributed by atoms with Crippen molar-refractivity contribution in [2.45, 2.75) is 38.6 Å². The van der Waals surface area contributed by atoms with Gasteiger partial charge in [0.1, 0.15) is 0 Å². The van der Waals surface area contributed by atoms with Gasteiger partial charge in [0, 0.05) is 10.5 Å². The second-order valence-corrected chi connectivity index (χ2v) is 5.60. The van der Waals surface area contributed by atoms with Gasteiger partial charge in [0.15, 0.2) is 5.75 Å². The molecule has 0 radical (unpaired) electrons. The Morgan fingerprint density at radius 3 is 2.63 bits per heavy atom. The Morgan fingerprint density at radius 2 is 2.11 bits per heavy atom. The molecule has 0 heterocycles. The number of alkyl halides is 3. The quantitative estimate of drug-likeness (QED) is 0.820. The summed E-state index contributed by atoms with van der Waals surface area (Å²) in [4.78, 5) is 0. The molecule has 0 aromatic heterocycles. The first-order valence-electron chi connectivity index (χ1n) is 6.21. The van der Waals surface area contributed by atoms with Crippen molar-refractivity contribution in [3.8, 4) is 5.75 Å². The number of ether oxygens (including phenoxy) is 1. The van der Waals surface area contributed by atoms with Crippen LogP contribution in [0.4, 0.5) is 18.9 Å².